The first-order valence-corrected chi connectivity index (χ1v) is 5.71. The maximum Gasteiger partial charge on any atom is 0.344 e. The second kappa shape index (κ2) is 4.58. The van der Waals surface area contributed by atoms with Crippen molar-refractivity contribution in [2.75, 3.05) is 0 Å². The van der Waals surface area contributed by atoms with Crippen LogP contribution in [0, 0.1) is 0 Å². The fraction of sp³-hybridized carbons (Fsp3) is 0.0909. The lowest BCUT2D eigenvalue weighted by Crippen LogP contribution is -2.42. The number of nitrogens with one attached hydrogen (secondary N) is 2. The lowest BCUT2D eigenvalue weighted by molar-refractivity contribution is -0.119. The first kappa shape index (κ1) is 11.7. The van der Waals surface area contributed by atoms with Gasteiger partial charge in [-0.25, -0.2) is 10.2 Å². The molecule has 0 aliphatic rings. The Balaban J connectivity index is 2.29. The van der Waals surface area contributed by atoms with Crippen LogP contribution in [0.25, 0.3) is 10.9 Å². The number of rotatable bonds is 0. The molecular formula is C11H10BrN3O2. The molecule has 1 aromatic heterocycles. The molecule has 0 aliphatic carbocycles. The average Bonchev–Trinajstić information content (AvgIpc) is 2.68. The first-order chi connectivity index (χ1) is 8.08. The Kier molecular flexibility index (Phi) is 3.14. The summed E-state index contributed by atoms with van der Waals surface area (Å²) in [5.74, 6) is -0.322. The Labute approximate surface area is 106 Å². The van der Waals surface area contributed by atoms with Gasteiger partial charge in [0.15, 0.2) is 0 Å². The van der Waals surface area contributed by atoms with Crippen LogP contribution in [0.4, 0.5) is 4.79 Å². The van der Waals surface area contributed by atoms with Gasteiger partial charge in [0, 0.05) is 23.0 Å². The summed E-state index contributed by atoms with van der Waals surface area (Å²) in [7, 11) is 0. The van der Waals surface area contributed by atoms with Crippen molar-refractivity contribution in [3.8, 4) is 0 Å². The monoisotopic (exact) mass is 295 g/mol. The molecule has 0 saturated heterocycles. The Morgan fingerprint density at radius 1 is 1.24 bits per heavy atom. The molecule has 0 saturated carbocycles. The highest BCUT2D eigenvalue weighted by Crippen LogP contribution is 2.20. The number of nitrogens with zero attached hydrogens (tertiary/aromatic N) is 1. The van der Waals surface area contributed by atoms with Gasteiger partial charge in [-0.15, -0.1) is 0 Å². The zero-order chi connectivity index (χ0) is 12.4. The summed E-state index contributed by atoms with van der Waals surface area (Å²) in [5, 5.41) is 0.942. The van der Waals surface area contributed by atoms with Gasteiger partial charge in [-0.3, -0.25) is 14.8 Å². The molecule has 88 valence electrons. The van der Waals surface area contributed by atoms with E-state index in [1.54, 1.807) is 6.20 Å². The van der Waals surface area contributed by atoms with Gasteiger partial charge in [-0.2, -0.15) is 0 Å². The summed E-state index contributed by atoms with van der Waals surface area (Å²) in [6, 6.07) is 7.01. The smallest absolute Gasteiger partial charge is 0.274 e. The van der Waals surface area contributed by atoms with Crippen molar-refractivity contribution in [1.82, 2.24) is 15.4 Å². The molecule has 0 bridgehead atoms. The molecule has 2 amide bonds. The van der Waals surface area contributed by atoms with E-state index in [9.17, 15) is 9.59 Å². The summed E-state index contributed by atoms with van der Waals surface area (Å²) in [6.07, 6.45) is 1.65. The lowest BCUT2D eigenvalue weighted by Gasteiger charge is -2.06. The van der Waals surface area contributed by atoms with Gasteiger partial charge in [0.2, 0.25) is 5.91 Å². The molecule has 2 N–H and O–H groups in total. The number of aromatic nitrogens is 1. The van der Waals surface area contributed by atoms with Crippen molar-refractivity contribution in [3.63, 3.8) is 0 Å². The summed E-state index contributed by atoms with van der Waals surface area (Å²) >= 11 is 3.36. The van der Waals surface area contributed by atoms with E-state index in [-0.39, 0.29) is 5.91 Å². The number of benzene rings is 1. The third-order valence-corrected chi connectivity index (χ3v) is 2.71. The van der Waals surface area contributed by atoms with E-state index in [0.29, 0.717) is 0 Å². The fourth-order valence-corrected chi connectivity index (χ4v) is 1.87. The fourth-order valence-electron chi connectivity index (χ4n) is 1.49. The van der Waals surface area contributed by atoms with Crippen LogP contribution in [0.3, 0.4) is 0 Å². The topological polar surface area (TPSA) is 63.1 Å². The highest BCUT2D eigenvalue weighted by Gasteiger charge is 2.08. The SMILES string of the molecule is CC(=O)NNC(=O)n1ccc2cc(Br)ccc21. The second-order valence-electron chi connectivity index (χ2n) is 3.50. The Bertz CT molecular complexity index is 591. The minimum absolute atomic E-state index is 0.322. The normalized spacial score (nSPS) is 10.2. The summed E-state index contributed by atoms with van der Waals surface area (Å²) in [6.45, 7) is 1.32. The number of amides is 2. The largest absolute Gasteiger partial charge is 0.344 e. The molecule has 0 fully saturated rings. The molecule has 0 spiro atoms. The molecule has 2 aromatic rings. The molecular weight excluding hydrogens is 286 g/mol. The number of hydrazine groups is 1. The number of hydrogen-bond acceptors (Lipinski definition) is 2. The lowest BCUT2D eigenvalue weighted by atomic mass is 10.2. The van der Waals surface area contributed by atoms with E-state index < -0.39 is 6.03 Å². The molecule has 0 unspecified atom stereocenters. The van der Waals surface area contributed by atoms with Crippen LogP contribution in [-0.4, -0.2) is 16.5 Å². The van der Waals surface area contributed by atoms with Crippen molar-refractivity contribution in [1.29, 1.82) is 0 Å². The zero-order valence-corrected chi connectivity index (χ0v) is 10.6. The molecule has 17 heavy (non-hydrogen) atoms. The van der Waals surface area contributed by atoms with E-state index in [1.807, 2.05) is 24.3 Å². The van der Waals surface area contributed by atoms with E-state index in [2.05, 4.69) is 26.8 Å². The Morgan fingerprint density at radius 3 is 2.71 bits per heavy atom. The molecule has 0 atom stereocenters. The van der Waals surface area contributed by atoms with Crippen molar-refractivity contribution >= 4 is 38.8 Å². The van der Waals surface area contributed by atoms with Crippen molar-refractivity contribution in [3.05, 3.63) is 34.9 Å². The average molecular weight is 296 g/mol. The van der Waals surface area contributed by atoms with Gasteiger partial charge in [0.05, 0.1) is 5.52 Å². The predicted molar refractivity (Wildman–Crippen MR) is 67.4 cm³/mol. The van der Waals surface area contributed by atoms with Gasteiger partial charge in [-0.1, -0.05) is 15.9 Å². The molecule has 1 aromatic carbocycles. The van der Waals surface area contributed by atoms with Gasteiger partial charge in [0.1, 0.15) is 0 Å². The zero-order valence-electron chi connectivity index (χ0n) is 9.03. The van der Waals surface area contributed by atoms with Crippen LogP contribution in [0.5, 0.6) is 0 Å². The van der Waals surface area contributed by atoms with Crippen LogP contribution in [0.15, 0.2) is 34.9 Å². The van der Waals surface area contributed by atoms with Crippen LogP contribution in [-0.2, 0) is 4.79 Å². The number of carbonyl (C=O) groups excluding carboxylic acids is 2. The standard InChI is InChI=1S/C11H10BrN3O2/c1-7(16)13-14-11(17)15-5-4-8-6-9(12)2-3-10(8)15/h2-6H,1H3,(H,13,16)(H,14,17). The quantitative estimate of drug-likeness (QED) is 0.730. The van der Waals surface area contributed by atoms with Gasteiger partial charge >= 0.3 is 6.03 Å². The molecule has 1 heterocycles. The van der Waals surface area contributed by atoms with E-state index >= 15 is 0 Å². The van der Waals surface area contributed by atoms with Crippen LogP contribution in [0.2, 0.25) is 0 Å². The molecule has 6 heteroatoms. The summed E-state index contributed by atoms with van der Waals surface area (Å²) < 4.78 is 2.38. The van der Waals surface area contributed by atoms with Crippen LogP contribution < -0.4 is 10.9 Å². The van der Waals surface area contributed by atoms with E-state index in [0.717, 1.165) is 15.4 Å². The summed E-state index contributed by atoms with van der Waals surface area (Å²) in [5.41, 5.74) is 5.32. The predicted octanol–water partition coefficient (Wildman–Crippen LogP) is 2.01. The molecule has 0 radical (unpaired) electrons. The third-order valence-electron chi connectivity index (χ3n) is 2.22. The second-order valence-corrected chi connectivity index (χ2v) is 4.42. The Morgan fingerprint density at radius 2 is 2.00 bits per heavy atom. The van der Waals surface area contributed by atoms with Gasteiger partial charge < -0.3 is 0 Å². The maximum absolute atomic E-state index is 11.7. The highest BCUT2D eigenvalue weighted by molar-refractivity contribution is 9.10. The summed E-state index contributed by atoms with van der Waals surface area (Å²) in [4.78, 5) is 22.4. The van der Waals surface area contributed by atoms with E-state index in [4.69, 9.17) is 0 Å². The van der Waals surface area contributed by atoms with Crippen molar-refractivity contribution in [2.45, 2.75) is 6.92 Å². The third kappa shape index (κ3) is 2.47. The highest BCUT2D eigenvalue weighted by atomic mass is 79.9. The molecule has 2 rings (SSSR count). The van der Waals surface area contributed by atoms with E-state index in [1.165, 1.54) is 11.5 Å². The van der Waals surface area contributed by atoms with Crippen LogP contribution >= 0.6 is 15.9 Å². The number of fused-ring (bicyclic) bond motifs is 1. The van der Waals surface area contributed by atoms with Crippen molar-refractivity contribution < 1.29 is 9.59 Å². The van der Waals surface area contributed by atoms with Crippen LogP contribution in [0.1, 0.15) is 6.92 Å². The number of carbonyl (C=O) groups is 2. The minimum Gasteiger partial charge on any atom is -0.274 e. The maximum atomic E-state index is 11.7. The van der Waals surface area contributed by atoms with Gasteiger partial charge in [0.25, 0.3) is 0 Å². The van der Waals surface area contributed by atoms with Crippen molar-refractivity contribution in [2.24, 2.45) is 0 Å². The minimum atomic E-state index is -0.405. The number of hydrogen-bond donors (Lipinski definition) is 2. The Hall–Kier alpha value is -1.82. The first-order valence-electron chi connectivity index (χ1n) is 4.91. The molecule has 5 nitrogen and oxygen atoms in total. The van der Waals surface area contributed by atoms with Gasteiger partial charge in [-0.05, 0) is 24.3 Å². The number of halogens is 1. The molecule has 0 aliphatic heterocycles.